The predicted octanol–water partition coefficient (Wildman–Crippen LogP) is 0.760. The third-order valence-corrected chi connectivity index (χ3v) is 5.54. The van der Waals surface area contributed by atoms with Crippen molar-refractivity contribution in [2.45, 2.75) is 25.5 Å². The molecule has 0 bridgehead atoms. The molecule has 1 heterocycles. The van der Waals surface area contributed by atoms with Crippen LogP contribution in [0, 0.1) is 18.8 Å². The largest absolute Gasteiger partial charge is 0.320 e. The topological polar surface area (TPSA) is 80.5 Å². The SMILES string of the molecule is Cc1cc(C#CCN)cc(N2C(=O)C(C)(C)S2(=O)=O)c1. The molecule has 0 spiro atoms. The van der Waals surface area contributed by atoms with Crippen LogP contribution in [-0.2, 0) is 14.8 Å². The van der Waals surface area contributed by atoms with Gasteiger partial charge in [0.15, 0.2) is 4.75 Å². The van der Waals surface area contributed by atoms with Gasteiger partial charge in [0.1, 0.15) is 0 Å². The van der Waals surface area contributed by atoms with Gasteiger partial charge in [0, 0.05) is 5.56 Å². The standard InChI is InChI=1S/C14H16N2O3S/c1-10-7-11(5-4-6-15)9-12(8-10)16-13(17)14(2,3)20(16,18)19/h7-9H,6,15H2,1-3H3. The lowest BCUT2D eigenvalue weighted by atomic mass is 10.1. The fourth-order valence-corrected chi connectivity index (χ4v) is 3.48. The van der Waals surface area contributed by atoms with Gasteiger partial charge in [-0.2, -0.15) is 0 Å². The fourth-order valence-electron chi connectivity index (χ4n) is 2.01. The third-order valence-electron chi connectivity index (χ3n) is 3.22. The van der Waals surface area contributed by atoms with Crippen LogP contribution in [-0.4, -0.2) is 25.6 Å². The summed E-state index contributed by atoms with van der Waals surface area (Å²) in [6, 6.07) is 5.05. The normalized spacial score (nSPS) is 19.0. The minimum absolute atomic E-state index is 0.219. The van der Waals surface area contributed by atoms with Crippen LogP contribution in [0.15, 0.2) is 18.2 Å². The second kappa shape index (κ2) is 4.62. The molecule has 1 amide bonds. The number of hydrogen-bond acceptors (Lipinski definition) is 4. The number of amides is 1. The molecule has 0 unspecified atom stereocenters. The number of nitrogens with two attached hydrogens (primary N) is 1. The molecular weight excluding hydrogens is 276 g/mol. The van der Waals surface area contributed by atoms with Crippen molar-refractivity contribution in [3.63, 3.8) is 0 Å². The molecule has 0 aromatic heterocycles. The molecule has 1 aromatic rings. The molecule has 1 fully saturated rings. The van der Waals surface area contributed by atoms with Crippen LogP contribution < -0.4 is 10.0 Å². The molecule has 5 nitrogen and oxygen atoms in total. The number of hydrogen-bond donors (Lipinski definition) is 1. The molecule has 1 aliphatic heterocycles. The lowest BCUT2D eigenvalue weighted by molar-refractivity contribution is -0.120. The zero-order valence-electron chi connectivity index (χ0n) is 11.6. The second-order valence-electron chi connectivity index (χ2n) is 5.15. The maximum absolute atomic E-state index is 12.2. The van der Waals surface area contributed by atoms with E-state index in [1.165, 1.54) is 13.8 Å². The summed E-state index contributed by atoms with van der Waals surface area (Å²) in [5.41, 5.74) is 7.11. The highest BCUT2D eigenvalue weighted by Gasteiger charge is 2.60. The van der Waals surface area contributed by atoms with E-state index in [-0.39, 0.29) is 6.54 Å². The summed E-state index contributed by atoms with van der Waals surface area (Å²) >= 11 is 0. The van der Waals surface area contributed by atoms with Gasteiger partial charge in [0.05, 0.1) is 12.2 Å². The highest BCUT2D eigenvalue weighted by Crippen LogP contribution is 2.39. The van der Waals surface area contributed by atoms with Gasteiger partial charge >= 0.3 is 0 Å². The summed E-state index contributed by atoms with van der Waals surface area (Å²) in [7, 11) is -3.65. The van der Waals surface area contributed by atoms with Crippen LogP contribution in [0.5, 0.6) is 0 Å². The van der Waals surface area contributed by atoms with E-state index in [1.807, 2.05) is 13.0 Å². The van der Waals surface area contributed by atoms with Crippen molar-refractivity contribution in [2.75, 3.05) is 10.8 Å². The first kappa shape index (κ1) is 14.6. The van der Waals surface area contributed by atoms with Crippen LogP contribution in [0.3, 0.4) is 0 Å². The fraction of sp³-hybridized carbons (Fsp3) is 0.357. The Hall–Kier alpha value is -1.84. The number of nitrogens with zero attached hydrogens (tertiary/aromatic N) is 1. The van der Waals surface area contributed by atoms with Gasteiger partial charge in [-0.25, -0.2) is 12.7 Å². The Morgan fingerprint density at radius 3 is 2.50 bits per heavy atom. The molecule has 0 radical (unpaired) electrons. The molecule has 1 saturated heterocycles. The Morgan fingerprint density at radius 1 is 1.30 bits per heavy atom. The number of anilines is 1. The Balaban J connectivity index is 2.50. The van der Waals surface area contributed by atoms with E-state index in [4.69, 9.17) is 5.73 Å². The van der Waals surface area contributed by atoms with E-state index >= 15 is 0 Å². The number of carbonyl (C=O) groups is 1. The number of sulfonamides is 1. The van der Waals surface area contributed by atoms with Crippen LogP contribution >= 0.6 is 0 Å². The Bertz CT molecular complexity index is 739. The van der Waals surface area contributed by atoms with Gasteiger partial charge < -0.3 is 5.73 Å². The van der Waals surface area contributed by atoms with Gasteiger partial charge in [0.2, 0.25) is 0 Å². The van der Waals surface area contributed by atoms with Crippen molar-refractivity contribution in [1.82, 2.24) is 0 Å². The van der Waals surface area contributed by atoms with Gasteiger partial charge in [-0.15, -0.1) is 0 Å². The summed E-state index contributed by atoms with van der Waals surface area (Å²) in [6.45, 7) is 4.86. The Morgan fingerprint density at radius 2 is 1.95 bits per heavy atom. The average molecular weight is 292 g/mol. The number of benzene rings is 1. The van der Waals surface area contributed by atoms with E-state index in [0.29, 0.717) is 11.3 Å². The quantitative estimate of drug-likeness (QED) is 0.775. The number of carbonyl (C=O) groups excluding carboxylic acids is 1. The maximum Gasteiger partial charge on any atom is 0.263 e. The molecule has 0 saturated carbocycles. The molecule has 106 valence electrons. The molecule has 20 heavy (non-hydrogen) atoms. The second-order valence-corrected chi connectivity index (χ2v) is 7.48. The van der Waals surface area contributed by atoms with Crippen molar-refractivity contribution in [2.24, 2.45) is 5.73 Å². The molecule has 2 N–H and O–H groups in total. The van der Waals surface area contributed by atoms with Gasteiger partial charge in [-0.05, 0) is 44.5 Å². The first-order valence-corrected chi connectivity index (χ1v) is 7.56. The van der Waals surface area contributed by atoms with Crippen molar-refractivity contribution in [3.05, 3.63) is 29.3 Å². The molecule has 1 aliphatic rings. The van der Waals surface area contributed by atoms with Crippen LogP contribution in [0.4, 0.5) is 5.69 Å². The van der Waals surface area contributed by atoms with Gasteiger partial charge in [-0.3, -0.25) is 4.79 Å². The predicted molar refractivity (Wildman–Crippen MR) is 77.6 cm³/mol. The van der Waals surface area contributed by atoms with Gasteiger partial charge in [-0.1, -0.05) is 11.8 Å². The summed E-state index contributed by atoms with van der Waals surface area (Å²) in [6.07, 6.45) is 0. The number of aryl methyl sites for hydroxylation is 1. The van der Waals surface area contributed by atoms with E-state index in [1.54, 1.807) is 12.1 Å². The summed E-state index contributed by atoms with van der Waals surface area (Å²) in [5.74, 6) is 5.12. The minimum Gasteiger partial charge on any atom is -0.320 e. The summed E-state index contributed by atoms with van der Waals surface area (Å²) in [4.78, 5) is 12.0. The van der Waals surface area contributed by atoms with E-state index in [9.17, 15) is 13.2 Å². The molecule has 2 rings (SSSR count). The number of rotatable bonds is 1. The maximum atomic E-state index is 12.2. The lowest BCUT2D eigenvalue weighted by Gasteiger charge is -2.43. The van der Waals surface area contributed by atoms with Crippen molar-refractivity contribution in [3.8, 4) is 11.8 Å². The average Bonchev–Trinajstić information content (AvgIpc) is 2.35. The van der Waals surface area contributed by atoms with Crippen molar-refractivity contribution in [1.29, 1.82) is 0 Å². The van der Waals surface area contributed by atoms with E-state index < -0.39 is 20.7 Å². The van der Waals surface area contributed by atoms with Crippen molar-refractivity contribution >= 4 is 21.6 Å². The summed E-state index contributed by atoms with van der Waals surface area (Å²) < 4.78 is 23.8. The molecule has 0 aliphatic carbocycles. The van der Waals surface area contributed by atoms with Crippen LogP contribution in [0.25, 0.3) is 0 Å². The first-order valence-electron chi connectivity index (χ1n) is 6.12. The molecule has 6 heteroatoms. The summed E-state index contributed by atoms with van der Waals surface area (Å²) in [5, 5.41) is 0. The van der Waals surface area contributed by atoms with E-state index in [0.717, 1.165) is 9.87 Å². The zero-order valence-corrected chi connectivity index (χ0v) is 12.4. The Kier molecular flexibility index (Phi) is 3.36. The smallest absolute Gasteiger partial charge is 0.263 e. The molecule has 1 aromatic carbocycles. The highest BCUT2D eigenvalue weighted by atomic mass is 32.2. The molecular formula is C14H16N2O3S. The third kappa shape index (κ3) is 1.99. The Labute approximate surface area is 118 Å². The first-order chi connectivity index (χ1) is 9.21. The van der Waals surface area contributed by atoms with Gasteiger partial charge in [0.25, 0.3) is 15.9 Å². The molecule has 0 atom stereocenters. The zero-order chi connectivity index (χ0) is 15.1. The monoisotopic (exact) mass is 292 g/mol. The van der Waals surface area contributed by atoms with Crippen LogP contribution in [0.1, 0.15) is 25.0 Å². The van der Waals surface area contributed by atoms with Crippen molar-refractivity contribution < 1.29 is 13.2 Å². The minimum atomic E-state index is -3.65. The highest BCUT2D eigenvalue weighted by molar-refractivity contribution is 7.98. The van der Waals surface area contributed by atoms with E-state index in [2.05, 4.69) is 11.8 Å². The lowest BCUT2D eigenvalue weighted by Crippen LogP contribution is -2.67. The van der Waals surface area contributed by atoms with Crippen LogP contribution in [0.2, 0.25) is 0 Å².